The molecule has 0 aromatic carbocycles. The SMILES string of the molecule is CCCCCCCCOC(=O)CCCCCCCN(CC)CCCCCCCC(=O)OC(CCCCCCCC)CCCCCCCC. The maximum atomic E-state index is 12.7. The molecule has 0 fully saturated rings. The molecule has 0 rings (SSSR count). The Balaban J connectivity index is 3.86. The highest BCUT2D eigenvalue weighted by molar-refractivity contribution is 5.69. The van der Waals surface area contributed by atoms with Crippen LogP contribution in [0, 0.1) is 0 Å². The lowest BCUT2D eigenvalue weighted by Crippen LogP contribution is -2.25. The van der Waals surface area contributed by atoms with Crippen LogP contribution in [0.5, 0.6) is 0 Å². The molecular weight excluding hydrogens is 594 g/mol. The third-order valence-corrected chi connectivity index (χ3v) is 9.98. The third kappa shape index (κ3) is 34.8. The summed E-state index contributed by atoms with van der Waals surface area (Å²) < 4.78 is 11.4. The van der Waals surface area contributed by atoms with E-state index in [0.717, 1.165) is 51.5 Å². The molecule has 0 spiro atoms. The summed E-state index contributed by atoms with van der Waals surface area (Å²) in [6.07, 6.45) is 37.9. The highest BCUT2D eigenvalue weighted by Gasteiger charge is 2.14. The zero-order chi connectivity index (χ0) is 35.2. The van der Waals surface area contributed by atoms with E-state index in [1.807, 2.05) is 0 Å². The Hall–Kier alpha value is -1.10. The van der Waals surface area contributed by atoms with Gasteiger partial charge in [0.05, 0.1) is 6.61 Å². The number of esters is 2. The fourth-order valence-corrected chi connectivity index (χ4v) is 6.65. The first kappa shape index (κ1) is 46.9. The Labute approximate surface area is 300 Å². The van der Waals surface area contributed by atoms with E-state index in [4.69, 9.17) is 9.47 Å². The highest BCUT2D eigenvalue weighted by atomic mass is 16.5. The molecule has 48 heavy (non-hydrogen) atoms. The van der Waals surface area contributed by atoms with Gasteiger partial charge in [-0.3, -0.25) is 9.59 Å². The summed E-state index contributed by atoms with van der Waals surface area (Å²) in [4.78, 5) is 27.2. The molecule has 0 aliphatic heterocycles. The van der Waals surface area contributed by atoms with Gasteiger partial charge in [-0.25, -0.2) is 0 Å². The van der Waals surface area contributed by atoms with E-state index in [-0.39, 0.29) is 18.0 Å². The van der Waals surface area contributed by atoms with E-state index in [9.17, 15) is 9.59 Å². The molecule has 0 bridgehead atoms. The zero-order valence-electron chi connectivity index (χ0n) is 33.1. The standard InChI is InChI=1S/C43H85NO4/c1-5-9-12-15-20-27-34-41(35-28-21-16-13-10-6-2)48-43(46)37-30-23-19-25-32-39-44(8-4)38-31-24-18-22-29-36-42(45)47-40-33-26-17-14-11-7-3/h41H,5-40H2,1-4H3. The van der Waals surface area contributed by atoms with Crippen LogP contribution in [0.3, 0.4) is 0 Å². The van der Waals surface area contributed by atoms with Crippen molar-refractivity contribution in [1.29, 1.82) is 0 Å². The van der Waals surface area contributed by atoms with Crippen LogP contribution in [0.4, 0.5) is 0 Å². The number of hydrogen-bond donors (Lipinski definition) is 0. The van der Waals surface area contributed by atoms with E-state index in [2.05, 4.69) is 32.6 Å². The van der Waals surface area contributed by atoms with Gasteiger partial charge in [0, 0.05) is 12.8 Å². The smallest absolute Gasteiger partial charge is 0.306 e. The molecule has 0 amide bonds. The number of hydrogen-bond acceptors (Lipinski definition) is 5. The maximum absolute atomic E-state index is 12.7. The largest absolute Gasteiger partial charge is 0.466 e. The molecule has 0 aliphatic rings. The van der Waals surface area contributed by atoms with E-state index >= 15 is 0 Å². The van der Waals surface area contributed by atoms with Gasteiger partial charge in [-0.1, -0.05) is 163 Å². The quantitative estimate of drug-likeness (QED) is 0.0478. The van der Waals surface area contributed by atoms with Gasteiger partial charge in [-0.05, 0) is 77.4 Å². The molecule has 286 valence electrons. The molecule has 0 aromatic rings. The normalized spacial score (nSPS) is 11.5. The van der Waals surface area contributed by atoms with Crippen LogP contribution in [0.1, 0.15) is 233 Å². The lowest BCUT2D eigenvalue weighted by molar-refractivity contribution is -0.150. The van der Waals surface area contributed by atoms with Crippen molar-refractivity contribution in [3.63, 3.8) is 0 Å². The lowest BCUT2D eigenvalue weighted by Gasteiger charge is -2.20. The predicted octanol–water partition coefficient (Wildman–Crippen LogP) is 13.3. The third-order valence-electron chi connectivity index (χ3n) is 9.98. The van der Waals surface area contributed by atoms with Crippen LogP contribution in [0.2, 0.25) is 0 Å². The zero-order valence-corrected chi connectivity index (χ0v) is 33.1. The summed E-state index contributed by atoms with van der Waals surface area (Å²) in [5.74, 6) is 0.0319. The van der Waals surface area contributed by atoms with Crippen molar-refractivity contribution in [2.24, 2.45) is 0 Å². The summed E-state index contributed by atoms with van der Waals surface area (Å²) in [6.45, 7) is 13.1. The molecule has 0 heterocycles. The summed E-state index contributed by atoms with van der Waals surface area (Å²) in [5.41, 5.74) is 0. The summed E-state index contributed by atoms with van der Waals surface area (Å²) in [7, 11) is 0. The first-order valence-corrected chi connectivity index (χ1v) is 21.6. The molecule has 5 nitrogen and oxygen atoms in total. The van der Waals surface area contributed by atoms with Gasteiger partial charge in [0.15, 0.2) is 0 Å². The Morgan fingerprint density at radius 1 is 0.438 bits per heavy atom. The predicted molar refractivity (Wildman–Crippen MR) is 208 cm³/mol. The molecule has 0 aromatic heterocycles. The Morgan fingerprint density at radius 2 is 0.812 bits per heavy atom. The number of unbranched alkanes of at least 4 members (excludes halogenated alkanes) is 23. The number of carbonyl (C=O) groups excluding carboxylic acids is 2. The van der Waals surface area contributed by atoms with Crippen LogP contribution in [0.25, 0.3) is 0 Å². The van der Waals surface area contributed by atoms with Crippen molar-refractivity contribution in [2.75, 3.05) is 26.2 Å². The minimum Gasteiger partial charge on any atom is -0.466 e. The second-order valence-corrected chi connectivity index (χ2v) is 14.7. The molecule has 0 saturated carbocycles. The second kappa shape index (κ2) is 38.7. The molecule has 5 heteroatoms. The molecule has 0 saturated heterocycles. The van der Waals surface area contributed by atoms with Gasteiger partial charge < -0.3 is 14.4 Å². The van der Waals surface area contributed by atoms with E-state index < -0.39 is 0 Å². The number of carbonyl (C=O) groups is 2. The first-order valence-electron chi connectivity index (χ1n) is 21.6. The van der Waals surface area contributed by atoms with Crippen molar-refractivity contribution in [3.8, 4) is 0 Å². The fourth-order valence-electron chi connectivity index (χ4n) is 6.65. The van der Waals surface area contributed by atoms with Gasteiger partial charge in [-0.2, -0.15) is 0 Å². The van der Waals surface area contributed by atoms with Crippen molar-refractivity contribution in [2.45, 2.75) is 239 Å². The molecule has 0 atom stereocenters. The average Bonchev–Trinajstić information content (AvgIpc) is 3.08. The van der Waals surface area contributed by atoms with Gasteiger partial charge >= 0.3 is 11.9 Å². The monoisotopic (exact) mass is 680 g/mol. The number of ether oxygens (including phenoxy) is 2. The first-order chi connectivity index (χ1) is 23.6. The molecule has 0 radical (unpaired) electrons. The minimum atomic E-state index is -0.00751. The second-order valence-electron chi connectivity index (χ2n) is 14.7. The molecule has 0 aliphatic carbocycles. The van der Waals surface area contributed by atoms with E-state index in [1.165, 1.54) is 161 Å². The van der Waals surface area contributed by atoms with Gasteiger partial charge in [0.2, 0.25) is 0 Å². The van der Waals surface area contributed by atoms with Crippen LogP contribution >= 0.6 is 0 Å². The van der Waals surface area contributed by atoms with E-state index in [0.29, 0.717) is 19.4 Å². The van der Waals surface area contributed by atoms with Crippen molar-refractivity contribution >= 4 is 11.9 Å². The van der Waals surface area contributed by atoms with Crippen molar-refractivity contribution < 1.29 is 19.1 Å². The van der Waals surface area contributed by atoms with Gasteiger partial charge in [0.25, 0.3) is 0 Å². The van der Waals surface area contributed by atoms with Crippen LogP contribution < -0.4 is 0 Å². The molecule has 0 N–H and O–H groups in total. The lowest BCUT2D eigenvalue weighted by atomic mass is 10.0. The highest BCUT2D eigenvalue weighted by Crippen LogP contribution is 2.18. The molecule has 0 unspecified atom stereocenters. The number of nitrogens with zero attached hydrogens (tertiary/aromatic N) is 1. The summed E-state index contributed by atoms with van der Waals surface area (Å²) in [6, 6.07) is 0. The van der Waals surface area contributed by atoms with Crippen molar-refractivity contribution in [3.05, 3.63) is 0 Å². The fraction of sp³-hybridized carbons (Fsp3) is 0.953. The Bertz CT molecular complexity index is 653. The minimum absolute atomic E-state index is 0.00751. The van der Waals surface area contributed by atoms with E-state index in [1.54, 1.807) is 0 Å². The maximum Gasteiger partial charge on any atom is 0.306 e. The Kier molecular flexibility index (Phi) is 37.8. The van der Waals surface area contributed by atoms with Crippen molar-refractivity contribution in [1.82, 2.24) is 4.90 Å². The Morgan fingerprint density at radius 3 is 1.27 bits per heavy atom. The number of rotatable bonds is 39. The van der Waals surface area contributed by atoms with Gasteiger partial charge in [-0.15, -0.1) is 0 Å². The topological polar surface area (TPSA) is 55.8 Å². The van der Waals surface area contributed by atoms with Crippen LogP contribution in [-0.4, -0.2) is 49.2 Å². The summed E-state index contributed by atoms with van der Waals surface area (Å²) in [5, 5.41) is 0. The van der Waals surface area contributed by atoms with Gasteiger partial charge in [0.1, 0.15) is 6.10 Å². The van der Waals surface area contributed by atoms with Crippen LogP contribution in [-0.2, 0) is 19.1 Å². The molecular formula is C43H85NO4. The van der Waals surface area contributed by atoms with Crippen LogP contribution in [0.15, 0.2) is 0 Å². The summed E-state index contributed by atoms with van der Waals surface area (Å²) >= 11 is 0. The average molecular weight is 680 g/mol.